The number of rotatable bonds is 1. The van der Waals surface area contributed by atoms with Crippen LogP contribution in [-0.2, 0) is 5.41 Å². The molecule has 0 aliphatic heterocycles. The van der Waals surface area contributed by atoms with E-state index >= 15 is 0 Å². The van der Waals surface area contributed by atoms with Crippen molar-refractivity contribution in [3.05, 3.63) is 35.1 Å². The van der Waals surface area contributed by atoms with Crippen LogP contribution in [0.1, 0.15) is 25.0 Å². The molecule has 0 saturated carbocycles. The smallest absolute Gasteiger partial charge is 0.130 e. The Labute approximate surface area is 77.8 Å². The van der Waals surface area contributed by atoms with E-state index in [1.807, 2.05) is 0 Å². The third kappa shape index (κ3) is 1.70. The van der Waals surface area contributed by atoms with Gasteiger partial charge in [0.25, 0.3) is 0 Å². The molecule has 0 fully saturated rings. The fourth-order valence-electron chi connectivity index (χ4n) is 1.19. The van der Waals surface area contributed by atoms with Crippen molar-refractivity contribution in [2.24, 2.45) is 0 Å². The van der Waals surface area contributed by atoms with Gasteiger partial charge in [-0.3, -0.25) is 0 Å². The molecule has 13 heavy (non-hydrogen) atoms. The molecule has 0 heterocycles. The Balaban J connectivity index is 3.33. The van der Waals surface area contributed by atoms with Crippen LogP contribution in [-0.4, -0.2) is 0 Å². The van der Waals surface area contributed by atoms with Crippen LogP contribution >= 0.6 is 0 Å². The first kappa shape index (κ1) is 9.73. The molecule has 0 aromatic heterocycles. The maximum absolute atomic E-state index is 13.5. The van der Waals surface area contributed by atoms with Crippen molar-refractivity contribution in [2.45, 2.75) is 26.2 Å². The van der Waals surface area contributed by atoms with Crippen molar-refractivity contribution in [3.8, 4) is 6.07 Å². The standard InChI is InChI=1S/C11H12FN/c1-8-5-4-6-9(10(8)12)11(2,3)7-13/h4-6H,1-3H3. The van der Waals surface area contributed by atoms with Crippen LogP contribution in [0, 0.1) is 24.1 Å². The lowest BCUT2D eigenvalue weighted by molar-refractivity contribution is 0.558. The maximum atomic E-state index is 13.5. The summed E-state index contributed by atoms with van der Waals surface area (Å²) in [6, 6.07) is 7.22. The van der Waals surface area contributed by atoms with Gasteiger partial charge in [-0.05, 0) is 26.3 Å². The van der Waals surface area contributed by atoms with Crippen LogP contribution in [0.15, 0.2) is 18.2 Å². The number of aryl methyl sites for hydroxylation is 1. The molecule has 1 aromatic rings. The summed E-state index contributed by atoms with van der Waals surface area (Å²) in [6.45, 7) is 5.13. The van der Waals surface area contributed by atoms with Gasteiger partial charge in [-0.15, -0.1) is 0 Å². The van der Waals surface area contributed by atoms with E-state index in [9.17, 15) is 4.39 Å². The summed E-state index contributed by atoms with van der Waals surface area (Å²) in [5.41, 5.74) is 0.298. The SMILES string of the molecule is Cc1cccc(C(C)(C)C#N)c1F. The molecule has 0 amide bonds. The lowest BCUT2D eigenvalue weighted by Gasteiger charge is -2.17. The van der Waals surface area contributed by atoms with Gasteiger partial charge in [0, 0.05) is 5.56 Å². The van der Waals surface area contributed by atoms with Crippen molar-refractivity contribution < 1.29 is 4.39 Å². The van der Waals surface area contributed by atoms with E-state index in [4.69, 9.17) is 5.26 Å². The highest BCUT2D eigenvalue weighted by atomic mass is 19.1. The molecule has 68 valence electrons. The summed E-state index contributed by atoms with van der Waals surface area (Å²) in [6.07, 6.45) is 0. The van der Waals surface area contributed by atoms with Crippen LogP contribution in [0.4, 0.5) is 4.39 Å². The number of hydrogen-bond donors (Lipinski definition) is 0. The average molecular weight is 177 g/mol. The molecule has 0 saturated heterocycles. The Kier molecular flexibility index (Phi) is 2.38. The molecule has 1 nitrogen and oxygen atoms in total. The minimum Gasteiger partial charge on any atom is -0.206 e. The first-order valence-corrected chi connectivity index (χ1v) is 4.16. The molecule has 0 radical (unpaired) electrons. The Morgan fingerprint density at radius 3 is 2.54 bits per heavy atom. The first-order chi connectivity index (χ1) is 5.99. The van der Waals surface area contributed by atoms with Gasteiger partial charge in [-0.25, -0.2) is 4.39 Å². The first-order valence-electron chi connectivity index (χ1n) is 4.16. The highest BCUT2D eigenvalue weighted by Gasteiger charge is 2.23. The third-order valence-electron chi connectivity index (χ3n) is 2.14. The minimum atomic E-state index is -0.754. The summed E-state index contributed by atoms with van der Waals surface area (Å²) in [7, 11) is 0. The van der Waals surface area contributed by atoms with Gasteiger partial charge in [-0.1, -0.05) is 18.2 Å². The lowest BCUT2D eigenvalue weighted by Crippen LogP contribution is -2.16. The van der Waals surface area contributed by atoms with Crippen LogP contribution in [0.3, 0.4) is 0 Å². The second-order valence-corrected chi connectivity index (χ2v) is 3.67. The zero-order chi connectivity index (χ0) is 10.1. The summed E-state index contributed by atoms with van der Waals surface area (Å²) in [4.78, 5) is 0. The molecule has 0 spiro atoms. The lowest BCUT2D eigenvalue weighted by atomic mass is 9.85. The van der Waals surface area contributed by atoms with Crippen LogP contribution in [0.25, 0.3) is 0 Å². The second-order valence-electron chi connectivity index (χ2n) is 3.67. The molecular weight excluding hydrogens is 165 g/mol. The Morgan fingerprint density at radius 1 is 1.38 bits per heavy atom. The molecule has 2 heteroatoms. The molecule has 0 aliphatic carbocycles. The molecule has 0 aliphatic rings. The summed E-state index contributed by atoms with van der Waals surface area (Å²) in [5, 5.41) is 8.85. The van der Waals surface area contributed by atoms with E-state index in [0.717, 1.165) is 0 Å². The molecular formula is C11H12FN. The zero-order valence-electron chi connectivity index (χ0n) is 8.06. The number of halogens is 1. The third-order valence-corrected chi connectivity index (χ3v) is 2.14. The van der Waals surface area contributed by atoms with Gasteiger partial charge in [0.1, 0.15) is 5.82 Å². The highest BCUT2D eigenvalue weighted by molar-refractivity contribution is 5.34. The van der Waals surface area contributed by atoms with Gasteiger partial charge in [0.05, 0.1) is 11.5 Å². The monoisotopic (exact) mass is 177 g/mol. The number of nitriles is 1. The van der Waals surface area contributed by atoms with Gasteiger partial charge in [-0.2, -0.15) is 5.26 Å². The van der Waals surface area contributed by atoms with Crippen molar-refractivity contribution in [1.82, 2.24) is 0 Å². The van der Waals surface area contributed by atoms with E-state index in [-0.39, 0.29) is 5.82 Å². The van der Waals surface area contributed by atoms with E-state index in [1.165, 1.54) is 0 Å². The molecule has 0 bridgehead atoms. The Hall–Kier alpha value is -1.36. The molecule has 0 atom stereocenters. The minimum absolute atomic E-state index is 0.269. The molecule has 1 aromatic carbocycles. The number of benzene rings is 1. The molecule has 0 unspecified atom stereocenters. The molecule has 0 N–H and O–H groups in total. The Morgan fingerprint density at radius 2 is 2.00 bits per heavy atom. The predicted octanol–water partition coefficient (Wildman–Crippen LogP) is 2.94. The number of nitrogens with zero attached hydrogens (tertiary/aromatic N) is 1. The van der Waals surface area contributed by atoms with E-state index in [2.05, 4.69) is 6.07 Å². The fraction of sp³-hybridized carbons (Fsp3) is 0.364. The normalized spacial score (nSPS) is 11.0. The van der Waals surface area contributed by atoms with E-state index in [1.54, 1.807) is 39.0 Å². The predicted molar refractivity (Wildman–Crippen MR) is 49.8 cm³/mol. The second kappa shape index (κ2) is 3.18. The van der Waals surface area contributed by atoms with E-state index < -0.39 is 5.41 Å². The fourth-order valence-corrected chi connectivity index (χ4v) is 1.19. The largest absolute Gasteiger partial charge is 0.206 e. The highest BCUT2D eigenvalue weighted by Crippen LogP contribution is 2.26. The Bertz CT molecular complexity index is 361. The van der Waals surface area contributed by atoms with Gasteiger partial charge < -0.3 is 0 Å². The number of hydrogen-bond acceptors (Lipinski definition) is 1. The van der Waals surface area contributed by atoms with Crippen LogP contribution in [0.5, 0.6) is 0 Å². The molecule has 1 rings (SSSR count). The zero-order valence-corrected chi connectivity index (χ0v) is 8.06. The topological polar surface area (TPSA) is 23.8 Å². The summed E-state index contributed by atoms with van der Waals surface area (Å²) in [5.74, 6) is -0.269. The summed E-state index contributed by atoms with van der Waals surface area (Å²) >= 11 is 0. The maximum Gasteiger partial charge on any atom is 0.130 e. The van der Waals surface area contributed by atoms with E-state index in [0.29, 0.717) is 11.1 Å². The van der Waals surface area contributed by atoms with Gasteiger partial charge in [0.2, 0.25) is 0 Å². The average Bonchev–Trinajstić information content (AvgIpc) is 2.09. The van der Waals surface area contributed by atoms with Crippen molar-refractivity contribution in [1.29, 1.82) is 5.26 Å². The van der Waals surface area contributed by atoms with Crippen molar-refractivity contribution in [3.63, 3.8) is 0 Å². The van der Waals surface area contributed by atoms with Gasteiger partial charge in [0.15, 0.2) is 0 Å². The quantitative estimate of drug-likeness (QED) is 0.647. The van der Waals surface area contributed by atoms with Crippen molar-refractivity contribution in [2.75, 3.05) is 0 Å². The van der Waals surface area contributed by atoms with Crippen LogP contribution < -0.4 is 0 Å². The van der Waals surface area contributed by atoms with Crippen LogP contribution in [0.2, 0.25) is 0 Å². The van der Waals surface area contributed by atoms with Gasteiger partial charge >= 0.3 is 0 Å². The summed E-state index contributed by atoms with van der Waals surface area (Å²) < 4.78 is 13.5. The van der Waals surface area contributed by atoms with Crippen molar-refractivity contribution >= 4 is 0 Å².